The third-order valence-electron chi connectivity index (χ3n) is 5.39. The molecule has 0 fully saturated rings. The fourth-order valence-corrected chi connectivity index (χ4v) is 4.12. The largest absolute Gasteiger partial charge is 0.356 e. The zero-order valence-electron chi connectivity index (χ0n) is 19.7. The highest BCUT2D eigenvalue weighted by Crippen LogP contribution is 2.42. The van der Waals surface area contributed by atoms with Gasteiger partial charge in [-0.05, 0) is 31.1 Å². The van der Waals surface area contributed by atoms with Crippen LogP contribution in [-0.2, 0) is 25.6 Å². The average Bonchev–Trinajstić information content (AvgIpc) is 2.73. The predicted octanol–water partition coefficient (Wildman–Crippen LogP) is 7.02. The Labute approximate surface area is 191 Å². The molecule has 0 spiro atoms. The van der Waals surface area contributed by atoms with E-state index in [1.54, 1.807) is 0 Å². The molecule has 180 valence electrons. The lowest BCUT2D eigenvalue weighted by molar-refractivity contribution is -0.121. The van der Waals surface area contributed by atoms with Crippen molar-refractivity contribution in [2.75, 3.05) is 20.3 Å². The van der Waals surface area contributed by atoms with Crippen molar-refractivity contribution in [3.05, 3.63) is 0 Å². The Kier molecular flexibility index (Phi) is 22.2. The summed E-state index contributed by atoms with van der Waals surface area (Å²) >= 11 is 4.75. The normalized spacial score (nSPS) is 13.3. The molecule has 0 aromatic rings. The summed E-state index contributed by atoms with van der Waals surface area (Å²) in [6.45, 7) is 0.415. The number of rotatable bonds is 23. The van der Waals surface area contributed by atoms with Crippen LogP contribution >= 0.6 is 6.72 Å². The summed E-state index contributed by atoms with van der Waals surface area (Å²) in [5, 5.41) is 3.01. The Morgan fingerprint density at radius 3 is 1.77 bits per heavy atom. The van der Waals surface area contributed by atoms with Gasteiger partial charge < -0.3 is 19.3 Å². The van der Waals surface area contributed by atoms with Crippen LogP contribution in [-0.4, -0.2) is 31.1 Å². The quantitative estimate of drug-likeness (QED) is 0.125. The maximum absolute atomic E-state index is 11.8. The summed E-state index contributed by atoms with van der Waals surface area (Å²) in [7, 11) is 1.35. The van der Waals surface area contributed by atoms with Crippen LogP contribution in [0.2, 0.25) is 0 Å². The number of unbranched alkanes of at least 4 members (excludes halogenated alkanes) is 15. The zero-order valence-corrected chi connectivity index (χ0v) is 21.4. The van der Waals surface area contributed by atoms with Crippen LogP contribution in [0, 0.1) is 0 Å². The highest BCUT2D eigenvalue weighted by atomic mass is 32.5. The zero-order chi connectivity index (χ0) is 22.3. The van der Waals surface area contributed by atoms with Gasteiger partial charge in [0.25, 0.3) is 0 Å². The van der Waals surface area contributed by atoms with E-state index in [0.29, 0.717) is 13.0 Å². The molecule has 1 amide bonds. The smallest absolute Gasteiger partial charge is 0.324 e. The molecule has 2 N–H and O–H groups in total. The fourth-order valence-electron chi connectivity index (χ4n) is 3.43. The van der Waals surface area contributed by atoms with Crippen molar-refractivity contribution in [1.29, 1.82) is 0 Å². The lowest BCUT2D eigenvalue weighted by Gasteiger charge is -2.12. The van der Waals surface area contributed by atoms with Gasteiger partial charge in [0.1, 0.15) is 0 Å². The van der Waals surface area contributed by atoms with E-state index < -0.39 is 6.72 Å². The average molecular weight is 466 g/mol. The van der Waals surface area contributed by atoms with Crippen LogP contribution in [0.25, 0.3) is 0 Å². The lowest BCUT2D eigenvalue weighted by atomic mass is 10.0. The standard InChI is InChI=1S/C23H48NO4PS/c1-3-4-5-6-7-8-9-10-11-12-13-14-15-18-21-24-23(25)20-17-16-19-22-28-29(26,30)27-2/h3-22H2,1-2H3,(H,24,25)(H,26,30). The van der Waals surface area contributed by atoms with Gasteiger partial charge in [-0.3, -0.25) is 4.79 Å². The van der Waals surface area contributed by atoms with E-state index in [-0.39, 0.29) is 5.91 Å². The first-order valence-electron chi connectivity index (χ1n) is 12.3. The second-order valence-corrected chi connectivity index (χ2v) is 11.2. The minimum Gasteiger partial charge on any atom is -0.356 e. The molecule has 5 nitrogen and oxygen atoms in total. The van der Waals surface area contributed by atoms with E-state index in [2.05, 4.69) is 12.2 Å². The molecule has 0 aliphatic carbocycles. The van der Waals surface area contributed by atoms with Gasteiger partial charge >= 0.3 is 6.72 Å². The number of carbonyl (C=O) groups excluding carboxylic acids is 1. The lowest BCUT2D eigenvalue weighted by Crippen LogP contribution is -2.23. The van der Waals surface area contributed by atoms with E-state index in [1.807, 2.05) is 0 Å². The summed E-state index contributed by atoms with van der Waals surface area (Å²) in [5.74, 6) is 0.134. The van der Waals surface area contributed by atoms with Crippen LogP contribution in [0.3, 0.4) is 0 Å². The maximum Gasteiger partial charge on any atom is 0.324 e. The summed E-state index contributed by atoms with van der Waals surface area (Å²) in [6, 6.07) is 0. The Morgan fingerprint density at radius 2 is 1.27 bits per heavy atom. The molecule has 0 saturated heterocycles. The molecular formula is C23H48NO4PS. The van der Waals surface area contributed by atoms with Crippen LogP contribution in [0.1, 0.15) is 122 Å². The number of carbonyl (C=O) groups is 1. The van der Waals surface area contributed by atoms with Gasteiger partial charge in [0.2, 0.25) is 5.91 Å². The highest BCUT2D eigenvalue weighted by molar-refractivity contribution is 8.07. The Hall–Kier alpha value is -0.0000000000000000763. The van der Waals surface area contributed by atoms with Crippen molar-refractivity contribution in [2.45, 2.75) is 122 Å². The SMILES string of the molecule is CCCCCCCCCCCCCCCCNC(=O)CCCCCOP(O)(=S)OC. The van der Waals surface area contributed by atoms with Gasteiger partial charge in [0.05, 0.1) is 6.61 Å². The molecule has 0 saturated carbocycles. The molecule has 0 aliphatic heterocycles. The third kappa shape index (κ3) is 22.7. The topological polar surface area (TPSA) is 67.8 Å². The molecular weight excluding hydrogens is 417 g/mol. The molecule has 0 aromatic carbocycles. The maximum atomic E-state index is 11.8. The van der Waals surface area contributed by atoms with Crippen LogP contribution in [0.15, 0.2) is 0 Å². The molecule has 30 heavy (non-hydrogen) atoms. The van der Waals surface area contributed by atoms with Gasteiger partial charge in [-0.2, -0.15) is 0 Å². The van der Waals surface area contributed by atoms with E-state index in [4.69, 9.17) is 20.9 Å². The minimum absolute atomic E-state index is 0.134. The molecule has 1 unspecified atom stereocenters. The van der Waals surface area contributed by atoms with Crippen molar-refractivity contribution < 1.29 is 18.7 Å². The van der Waals surface area contributed by atoms with Crippen LogP contribution in [0.4, 0.5) is 0 Å². The Morgan fingerprint density at radius 1 is 0.800 bits per heavy atom. The number of nitrogens with one attached hydrogen (secondary N) is 1. The van der Waals surface area contributed by atoms with E-state index >= 15 is 0 Å². The van der Waals surface area contributed by atoms with Crippen molar-refractivity contribution in [2.24, 2.45) is 0 Å². The predicted molar refractivity (Wildman–Crippen MR) is 131 cm³/mol. The third-order valence-corrected chi connectivity index (χ3v) is 7.12. The van der Waals surface area contributed by atoms with Crippen molar-refractivity contribution in [3.63, 3.8) is 0 Å². The Bertz CT molecular complexity index is 437. The van der Waals surface area contributed by atoms with Gasteiger partial charge in [0.15, 0.2) is 0 Å². The van der Waals surface area contributed by atoms with Crippen molar-refractivity contribution >= 4 is 24.4 Å². The van der Waals surface area contributed by atoms with Crippen LogP contribution in [0.5, 0.6) is 0 Å². The summed E-state index contributed by atoms with van der Waals surface area (Å²) in [5.41, 5.74) is 0. The summed E-state index contributed by atoms with van der Waals surface area (Å²) < 4.78 is 9.80. The van der Waals surface area contributed by atoms with Gasteiger partial charge in [-0.15, -0.1) is 0 Å². The highest BCUT2D eigenvalue weighted by Gasteiger charge is 2.11. The molecule has 0 aromatic heterocycles. The second-order valence-electron chi connectivity index (χ2n) is 8.24. The minimum atomic E-state index is -3.03. The van der Waals surface area contributed by atoms with Gasteiger partial charge in [-0.25, -0.2) is 0 Å². The monoisotopic (exact) mass is 465 g/mol. The molecule has 0 bridgehead atoms. The first-order valence-corrected chi connectivity index (χ1v) is 14.9. The Balaban J connectivity index is 3.22. The van der Waals surface area contributed by atoms with E-state index in [9.17, 15) is 9.69 Å². The van der Waals surface area contributed by atoms with Gasteiger partial charge in [0, 0.05) is 20.1 Å². The second kappa shape index (κ2) is 22.2. The molecule has 0 rings (SSSR count). The first kappa shape index (κ1) is 30.0. The molecule has 7 heteroatoms. The van der Waals surface area contributed by atoms with Gasteiger partial charge in [-0.1, -0.05) is 96.8 Å². The molecule has 0 radical (unpaired) electrons. The van der Waals surface area contributed by atoms with Crippen LogP contribution < -0.4 is 5.32 Å². The first-order chi connectivity index (χ1) is 14.5. The number of hydrogen-bond acceptors (Lipinski definition) is 4. The number of hydrogen-bond donors (Lipinski definition) is 2. The van der Waals surface area contributed by atoms with Crippen molar-refractivity contribution in [1.82, 2.24) is 5.32 Å². The molecule has 0 heterocycles. The summed E-state index contributed by atoms with van der Waals surface area (Å²) in [4.78, 5) is 21.2. The van der Waals surface area contributed by atoms with E-state index in [1.165, 1.54) is 90.6 Å². The van der Waals surface area contributed by atoms with E-state index in [0.717, 1.165) is 32.2 Å². The number of amides is 1. The van der Waals surface area contributed by atoms with Crippen molar-refractivity contribution in [3.8, 4) is 0 Å². The molecule has 0 aliphatic rings. The molecule has 1 atom stereocenters. The fraction of sp³-hybridized carbons (Fsp3) is 0.957. The summed E-state index contributed by atoms with van der Waals surface area (Å²) in [6.07, 6.45) is 21.9.